The van der Waals surface area contributed by atoms with Crippen molar-refractivity contribution in [2.45, 2.75) is 20.3 Å². The molecule has 0 N–H and O–H groups in total. The van der Waals surface area contributed by atoms with Gasteiger partial charge in [-0.3, -0.25) is 4.79 Å². The van der Waals surface area contributed by atoms with E-state index in [1.54, 1.807) is 6.07 Å². The van der Waals surface area contributed by atoms with Gasteiger partial charge in [-0.15, -0.1) is 15.3 Å². The fraction of sp³-hybridized carbons (Fsp3) is 0.500. The van der Waals surface area contributed by atoms with Crippen molar-refractivity contribution in [3.63, 3.8) is 0 Å². The van der Waals surface area contributed by atoms with Gasteiger partial charge in [0.05, 0.1) is 12.1 Å². The fourth-order valence-electron chi connectivity index (χ4n) is 3.09. The SMILES string of the molecule is CCN(CC)c1ccc(CC(=O)N2CCN(c3ccc(Cl)nn3)CC2)nn1. The second-order valence-electron chi connectivity index (χ2n) is 6.31. The van der Waals surface area contributed by atoms with Gasteiger partial charge in [-0.25, -0.2) is 0 Å². The van der Waals surface area contributed by atoms with E-state index in [4.69, 9.17) is 11.6 Å². The average Bonchev–Trinajstić information content (AvgIpc) is 2.71. The third kappa shape index (κ3) is 4.82. The number of carbonyl (C=O) groups is 1. The number of rotatable bonds is 6. The van der Waals surface area contributed by atoms with Crippen LogP contribution in [-0.2, 0) is 11.2 Å². The van der Waals surface area contributed by atoms with Crippen LogP contribution in [0.5, 0.6) is 0 Å². The normalized spacial score (nSPS) is 14.3. The molecule has 144 valence electrons. The Labute approximate surface area is 164 Å². The molecule has 0 atom stereocenters. The monoisotopic (exact) mass is 389 g/mol. The highest BCUT2D eigenvalue weighted by molar-refractivity contribution is 6.29. The van der Waals surface area contributed by atoms with Crippen LogP contribution in [0.1, 0.15) is 19.5 Å². The average molecular weight is 390 g/mol. The third-order valence-corrected chi connectivity index (χ3v) is 4.90. The second-order valence-corrected chi connectivity index (χ2v) is 6.70. The predicted molar refractivity (Wildman–Crippen MR) is 105 cm³/mol. The van der Waals surface area contributed by atoms with E-state index in [1.165, 1.54) is 0 Å². The van der Waals surface area contributed by atoms with E-state index in [9.17, 15) is 4.79 Å². The molecule has 1 aliphatic rings. The van der Waals surface area contributed by atoms with Crippen molar-refractivity contribution in [2.24, 2.45) is 0 Å². The number of aromatic nitrogens is 4. The van der Waals surface area contributed by atoms with Crippen LogP contribution in [0.4, 0.5) is 11.6 Å². The summed E-state index contributed by atoms with van der Waals surface area (Å²) in [5, 5.41) is 16.8. The summed E-state index contributed by atoms with van der Waals surface area (Å²) < 4.78 is 0. The first-order valence-corrected chi connectivity index (χ1v) is 9.58. The molecule has 3 heterocycles. The lowest BCUT2D eigenvalue weighted by atomic mass is 10.2. The van der Waals surface area contributed by atoms with E-state index in [-0.39, 0.29) is 12.3 Å². The number of carbonyl (C=O) groups excluding carboxylic acids is 1. The highest BCUT2D eigenvalue weighted by Crippen LogP contribution is 2.15. The van der Waals surface area contributed by atoms with Crippen LogP contribution in [0.15, 0.2) is 24.3 Å². The zero-order chi connectivity index (χ0) is 19.2. The van der Waals surface area contributed by atoms with E-state index in [2.05, 4.69) is 44.0 Å². The minimum Gasteiger partial charge on any atom is -0.356 e. The second kappa shape index (κ2) is 8.94. The van der Waals surface area contributed by atoms with Crippen LogP contribution in [0.3, 0.4) is 0 Å². The maximum absolute atomic E-state index is 12.6. The molecule has 0 aromatic carbocycles. The highest BCUT2D eigenvalue weighted by Gasteiger charge is 2.22. The van der Waals surface area contributed by atoms with Gasteiger partial charge in [0, 0.05) is 39.3 Å². The number of hydrogen-bond acceptors (Lipinski definition) is 7. The Kier molecular flexibility index (Phi) is 6.39. The Bertz CT molecular complexity index is 741. The number of hydrogen-bond donors (Lipinski definition) is 0. The van der Waals surface area contributed by atoms with Crippen LogP contribution >= 0.6 is 11.6 Å². The minimum absolute atomic E-state index is 0.0710. The summed E-state index contributed by atoms with van der Waals surface area (Å²) in [7, 11) is 0. The number of piperazine rings is 1. The molecule has 0 aliphatic carbocycles. The van der Waals surface area contributed by atoms with Crippen LogP contribution in [0.25, 0.3) is 0 Å². The molecule has 1 saturated heterocycles. The van der Waals surface area contributed by atoms with Crippen molar-refractivity contribution in [1.29, 1.82) is 0 Å². The third-order valence-electron chi connectivity index (χ3n) is 4.70. The molecule has 0 unspecified atom stereocenters. The Hall–Kier alpha value is -2.48. The molecule has 3 rings (SSSR count). The summed E-state index contributed by atoms with van der Waals surface area (Å²) >= 11 is 5.78. The molecule has 2 aromatic rings. The van der Waals surface area contributed by atoms with Crippen molar-refractivity contribution in [3.8, 4) is 0 Å². The maximum atomic E-state index is 12.6. The standard InChI is InChI=1S/C18H24ClN7O/c1-3-24(4-2)16-7-5-14(20-22-16)13-18(27)26-11-9-25(10-12-26)17-8-6-15(19)21-23-17/h5-8H,3-4,9-13H2,1-2H3. The van der Waals surface area contributed by atoms with Gasteiger partial charge in [0.1, 0.15) is 0 Å². The molecule has 1 aliphatic heterocycles. The van der Waals surface area contributed by atoms with E-state index < -0.39 is 0 Å². The molecule has 9 heteroatoms. The van der Waals surface area contributed by atoms with Gasteiger partial charge in [-0.1, -0.05) is 11.6 Å². The quantitative estimate of drug-likeness (QED) is 0.743. The van der Waals surface area contributed by atoms with Gasteiger partial charge >= 0.3 is 0 Å². The summed E-state index contributed by atoms with van der Waals surface area (Å²) in [6, 6.07) is 7.39. The Morgan fingerprint density at radius 2 is 1.74 bits per heavy atom. The summed E-state index contributed by atoms with van der Waals surface area (Å²) in [4.78, 5) is 18.7. The molecule has 2 aromatic heterocycles. The molecular formula is C18H24ClN7O. The van der Waals surface area contributed by atoms with E-state index in [1.807, 2.05) is 23.1 Å². The molecule has 0 spiro atoms. The van der Waals surface area contributed by atoms with Gasteiger partial charge < -0.3 is 14.7 Å². The Balaban J connectivity index is 1.53. The van der Waals surface area contributed by atoms with Gasteiger partial charge in [0.15, 0.2) is 16.8 Å². The molecule has 0 radical (unpaired) electrons. The van der Waals surface area contributed by atoms with E-state index >= 15 is 0 Å². The topological polar surface area (TPSA) is 78.4 Å². The zero-order valence-corrected chi connectivity index (χ0v) is 16.4. The zero-order valence-electron chi connectivity index (χ0n) is 15.7. The van der Waals surface area contributed by atoms with E-state index in [0.717, 1.165) is 24.7 Å². The number of amides is 1. The van der Waals surface area contributed by atoms with Crippen molar-refractivity contribution in [3.05, 3.63) is 35.1 Å². The molecule has 27 heavy (non-hydrogen) atoms. The summed E-state index contributed by atoms with van der Waals surface area (Å²) in [5.74, 6) is 1.69. The number of anilines is 2. The predicted octanol–water partition coefficient (Wildman–Crippen LogP) is 1.66. The van der Waals surface area contributed by atoms with Crippen LogP contribution in [0.2, 0.25) is 5.15 Å². The maximum Gasteiger partial charge on any atom is 0.228 e. The summed E-state index contributed by atoms with van der Waals surface area (Å²) in [6.07, 6.45) is 0.270. The fourth-order valence-corrected chi connectivity index (χ4v) is 3.19. The van der Waals surface area contributed by atoms with Gasteiger partial charge in [0.25, 0.3) is 0 Å². The first kappa shape index (κ1) is 19.3. The molecular weight excluding hydrogens is 366 g/mol. The smallest absolute Gasteiger partial charge is 0.228 e. The first-order valence-electron chi connectivity index (χ1n) is 9.20. The van der Waals surface area contributed by atoms with E-state index in [0.29, 0.717) is 37.0 Å². The van der Waals surface area contributed by atoms with Gasteiger partial charge in [-0.05, 0) is 38.1 Å². The molecule has 8 nitrogen and oxygen atoms in total. The lowest BCUT2D eigenvalue weighted by molar-refractivity contribution is -0.130. The van der Waals surface area contributed by atoms with Crippen molar-refractivity contribution in [2.75, 3.05) is 49.1 Å². The Morgan fingerprint density at radius 1 is 1.00 bits per heavy atom. The molecule has 1 fully saturated rings. The largest absolute Gasteiger partial charge is 0.356 e. The van der Waals surface area contributed by atoms with Crippen molar-refractivity contribution < 1.29 is 4.79 Å². The first-order chi connectivity index (χ1) is 13.1. The Morgan fingerprint density at radius 3 is 2.30 bits per heavy atom. The highest BCUT2D eigenvalue weighted by atomic mass is 35.5. The molecule has 0 saturated carbocycles. The lowest BCUT2D eigenvalue weighted by Crippen LogP contribution is -2.49. The van der Waals surface area contributed by atoms with Gasteiger partial charge in [-0.2, -0.15) is 5.10 Å². The van der Waals surface area contributed by atoms with Gasteiger partial charge in [0.2, 0.25) is 5.91 Å². The number of halogens is 1. The van der Waals surface area contributed by atoms with Crippen molar-refractivity contribution >= 4 is 29.1 Å². The van der Waals surface area contributed by atoms with Crippen LogP contribution in [-0.4, -0.2) is 70.5 Å². The molecule has 0 bridgehead atoms. The summed E-state index contributed by atoms with van der Waals surface area (Å²) in [5.41, 5.74) is 0.696. The summed E-state index contributed by atoms with van der Waals surface area (Å²) in [6.45, 7) is 8.65. The lowest BCUT2D eigenvalue weighted by Gasteiger charge is -2.35. The number of nitrogens with zero attached hydrogens (tertiary/aromatic N) is 7. The van der Waals surface area contributed by atoms with Crippen molar-refractivity contribution in [1.82, 2.24) is 25.3 Å². The van der Waals surface area contributed by atoms with Crippen LogP contribution < -0.4 is 9.80 Å². The molecule has 1 amide bonds. The minimum atomic E-state index is 0.0710. The van der Waals surface area contributed by atoms with Crippen LogP contribution in [0, 0.1) is 0 Å².